The van der Waals surface area contributed by atoms with Gasteiger partial charge < -0.3 is 28.4 Å². The van der Waals surface area contributed by atoms with Crippen LogP contribution in [0.2, 0.25) is 0 Å². The van der Waals surface area contributed by atoms with Gasteiger partial charge in [0.25, 0.3) is 0 Å². The van der Waals surface area contributed by atoms with E-state index in [1.165, 1.54) is 0 Å². The van der Waals surface area contributed by atoms with Crippen LogP contribution in [0.15, 0.2) is 182 Å². The second kappa shape index (κ2) is 21.1. The van der Waals surface area contributed by atoms with Gasteiger partial charge in [-0.25, -0.2) is 0 Å². The fraction of sp³-hybridized carbons (Fsp3) is 0.250. The molecule has 0 aliphatic heterocycles. The lowest BCUT2D eigenvalue weighted by Crippen LogP contribution is -2.24. The predicted molar refractivity (Wildman–Crippen MR) is 213 cm³/mol. The van der Waals surface area contributed by atoms with Gasteiger partial charge in [-0.2, -0.15) is 0 Å². The smallest absolute Gasteiger partial charge is 0.113 e. The van der Waals surface area contributed by atoms with E-state index in [9.17, 15) is 0 Å². The molecule has 6 heteroatoms. The van der Waals surface area contributed by atoms with Gasteiger partial charge in [-0.3, -0.25) is 0 Å². The lowest BCUT2D eigenvalue weighted by Gasteiger charge is -2.31. The minimum atomic E-state index is -0.416. The molecule has 6 aromatic carbocycles. The Labute approximate surface area is 320 Å². The van der Waals surface area contributed by atoms with Crippen molar-refractivity contribution in [2.45, 2.75) is 36.6 Å². The normalized spacial score (nSPS) is 14.8. The molecule has 0 fully saturated rings. The molecule has 0 saturated heterocycles. The first kappa shape index (κ1) is 38.8. The summed E-state index contributed by atoms with van der Waals surface area (Å²) >= 11 is 0. The maximum absolute atomic E-state index is 6.76. The minimum absolute atomic E-state index is 0.293. The van der Waals surface area contributed by atoms with E-state index >= 15 is 0 Å². The van der Waals surface area contributed by atoms with Crippen molar-refractivity contribution in [1.29, 1.82) is 0 Å². The summed E-state index contributed by atoms with van der Waals surface area (Å²) in [6.45, 7) is 1.35. The topological polar surface area (TPSA) is 55.4 Å². The molecular formula is C48H50O6. The van der Waals surface area contributed by atoms with Crippen LogP contribution in [0, 0.1) is 0 Å². The number of rotatable bonds is 21. The summed E-state index contributed by atoms with van der Waals surface area (Å²) < 4.78 is 38.8. The average Bonchev–Trinajstić information content (AvgIpc) is 3.25. The van der Waals surface area contributed by atoms with Crippen LogP contribution in [0.25, 0.3) is 0 Å². The van der Waals surface area contributed by atoms with Crippen molar-refractivity contribution in [3.05, 3.63) is 215 Å². The molecule has 0 aliphatic carbocycles. The first-order chi connectivity index (χ1) is 26.8. The van der Waals surface area contributed by atoms with Crippen molar-refractivity contribution in [3.8, 4) is 0 Å². The van der Waals surface area contributed by atoms with Gasteiger partial charge in [0.15, 0.2) is 0 Å². The third kappa shape index (κ3) is 10.6. The molecule has 0 bridgehead atoms. The summed E-state index contributed by atoms with van der Waals surface area (Å²) in [5, 5.41) is 0. The zero-order valence-electron chi connectivity index (χ0n) is 31.1. The second-order valence-electron chi connectivity index (χ2n) is 12.9. The Balaban J connectivity index is 1.18. The number of benzene rings is 6. The first-order valence-corrected chi connectivity index (χ1v) is 18.6. The molecule has 6 atom stereocenters. The van der Waals surface area contributed by atoms with Crippen LogP contribution in [-0.2, 0) is 28.4 Å². The summed E-state index contributed by atoms with van der Waals surface area (Å²) in [6, 6.07) is 61.3. The zero-order chi connectivity index (χ0) is 37.2. The van der Waals surface area contributed by atoms with E-state index in [4.69, 9.17) is 28.4 Å². The van der Waals surface area contributed by atoms with Crippen molar-refractivity contribution in [2.75, 3.05) is 40.6 Å². The van der Waals surface area contributed by atoms with Gasteiger partial charge >= 0.3 is 0 Å². The molecule has 0 aromatic heterocycles. The summed E-state index contributed by atoms with van der Waals surface area (Å²) in [7, 11) is 3.45. The fourth-order valence-electron chi connectivity index (χ4n) is 6.86. The highest BCUT2D eigenvalue weighted by molar-refractivity contribution is 5.28. The Morgan fingerprint density at radius 2 is 0.426 bits per heavy atom. The number of methoxy groups -OCH3 is 2. The maximum Gasteiger partial charge on any atom is 0.113 e. The van der Waals surface area contributed by atoms with Crippen LogP contribution >= 0.6 is 0 Å². The molecule has 278 valence electrons. The van der Waals surface area contributed by atoms with E-state index in [0.29, 0.717) is 26.4 Å². The van der Waals surface area contributed by atoms with Gasteiger partial charge in [0, 0.05) is 14.2 Å². The lowest BCUT2D eigenvalue weighted by atomic mass is 9.97. The lowest BCUT2D eigenvalue weighted by molar-refractivity contribution is -0.125. The highest BCUT2D eigenvalue weighted by atomic mass is 16.6. The molecule has 0 spiro atoms. The molecule has 0 N–H and O–H groups in total. The van der Waals surface area contributed by atoms with Crippen LogP contribution in [0.3, 0.4) is 0 Å². The van der Waals surface area contributed by atoms with Gasteiger partial charge in [-0.15, -0.1) is 0 Å². The standard InChI is InChI=1S/C48H50O6/c1-49-43(37-21-9-3-10-22-37)45(39-25-13-5-14-26-39)51-33-35-53-47(41-29-17-7-18-30-41)48(42-31-19-8-20-32-42)54-36-34-52-46(40-27-15-6-16-28-40)44(50-2)38-23-11-4-12-24-38/h3-32,43-48H,33-36H2,1-2H3/t43-,44-,45-,46-,47-,48-/m0/s1. The van der Waals surface area contributed by atoms with Crippen molar-refractivity contribution >= 4 is 0 Å². The largest absolute Gasteiger partial charge is 0.374 e. The number of hydrogen-bond acceptors (Lipinski definition) is 6. The third-order valence-electron chi connectivity index (χ3n) is 9.46. The Morgan fingerprint density at radius 3 is 0.611 bits per heavy atom. The summed E-state index contributed by atoms with van der Waals surface area (Å²) in [4.78, 5) is 0. The minimum Gasteiger partial charge on any atom is -0.374 e. The Hall–Kier alpha value is -4.92. The van der Waals surface area contributed by atoms with E-state index in [2.05, 4.69) is 72.8 Å². The monoisotopic (exact) mass is 722 g/mol. The van der Waals surface area contributed by atoms with Gasteiger partial charge in [-0.05, 0) is 33.4 Å². The van der Waals surface area contributed by atoms with Crippen molar-refractivity contribution in [2.24, 2.45) is 0 Å². The summed E-state index contributed by atoms with van der Waals surface area (Å²) in [6.07, 6.45) is -2.09. The van der Waals surface area contributed by atoms with Crippen molar-refractivity contribution in [3.63, 3.8) is 0 Å². The van der Waals surface area contributed by atoms with Crippen LogP contribution in [0.4, 0.5) is 0 Å². The SMILES string of the molecule is CO[C@@H](c1ccccc1)[C@@H](OCCO[C@@H](c1ccccc1)[C@@H](OCCO[C@@H](c1ccccc1)[C@@H](OC)c1ccccc1)c1ccccc1)c1ccccc1. The first-order valence-electron chi connectivity index (χ1n) is 18.6. The Morgan fingerprint density at radius 1 is 0.259 bits per heavy atom. The van der Waals surface area contributed by atoms with Crippen molar-refractivity contribution in [1.82, 2.24) is 0 Å². The van der Waals surface area contributed by atoms with Crippen LogP contribution in [-0.4, -0.2) is 40.6 Å². The van der Waals surface area contributed by atoms with Gasteiger partial charge in [0.05, 0.1) is 26.4 Å². The van der Waals surface area contributed by atoms with Crippen LogP contribution in [0.5, 0.6) is 0 Å². The Bertz CT molecular complexity index is 1720. The predicted octanol–water partition coefficient (Wildman–Crippen LogP) is 10.8. The molecule has 0 amide bonds. The number of ether oxygens (including phenoxy) is 6. The second-order valence-corrected chi connectivity index (χ2v) is 12.9. The van der Waals surface area contributed by atoms with Crippen molar-refractivity contribution < 1.29 is 28.4 Å². The van der Waals surface area contributed by atoms with Crippen LogP contribution in [0.1, 0.15) is 70.0 Å². The number of hydrogen-bond donors (Lipinski definition) is 0. The Kier molecular flexibility index (Phi) is 15.2. The summed E-state index contributed by atoms with van der Waals surface area (Å²) in [5.74, 6) is 0. The summed E-state index contributed by atoms with van der Waals surface area (Å²) in [5.41, 5.74) is 6.19. The molecule has 6 aromatic rings. The van der Waals surface area contributed by atoms with E-state index in [1.807, 2.05) is 109 Å². The third-order valence-corrected chi connectivity index (χ3v) is 9.46. The quantitative estimate of drug-likeness (QED) is 0.0690. The van der Waals surface area contributed by atoms with Gasteiger partial charge in [0.1, 0.15) is 36.6 Å². The maximum atomic E-state index is 6.76. The van der Waals surface area contributed by atoms with Crippen LogP contribution < -0.4 is 0 Å². The molecule has 0 unspecified atom stereocenters. The van der Waals surface area contributed by atoms with E-state index in [1.54, 1.807) is 14.2 Å². The molecule has 0 saturated carbocycles. The van der Waals surface area contributed by atoms with E-state index in [0.717, 1.165) is 33.4 Å². The molecule has 6 nitrogen and oxygen atoms in total. The molecule has 6 rings (SSSR count). The molecular weight excluding hydrogens is 673 g/mol. The molecule has 54 heavy (non-hydrogen) atoms. The zero-order valence-corrected chi connectivity index (χ0v) is 31.1. The van der Waals surface area contributed by atoms with E-state index in [-0.39, 0.29) is 24.4 Å². The highest BCUT2D eigenvalue weighted by Crippen LogP contribution is 2.38. The molecule has 0 radical (unpaired) electrons. The molecule has 0 heterocycles. The average molecular weight is 723 g/mol. The molecule has 0 aliphatic rings. The van der Waals surface area contributed by atoms with E-state index < -0.39 is 12.2 Å². The van der Waals surface area contributed by atoms with Gasteiger partial charge in [-0.1, -0.05) is 182 Å². The highest BCUT2D eigenvalue weighted by Gasteiger charge is 2.30. The fourth-order valence-corrected chi connectivity index (χ4v) is 6.86. The van der Waals surface area contributed by atoms with Gasteiger partial charge in [0.2, 0.25) is 0 Å².